The molecule has 0 saturated carbocycles. The van der Waals surface area contributed by atoms with Crippen molar-refractivity contribution in [1.82, 2.24) is 9.78 Å². The number of carbonyl (C=O) groups is 1. The van der Waals surface area contributed by atoms with Crippen LogP contribution < -0.4 is 11.1 Å². The molecule has 0 bridgehead atoms. The second-order valence-electron chi connectivity index (χ2n) is 6.10. The van der Waals surface area contributed by atoms with Crippen LogP contribution in [-0.2, 0) is 11.0 Å². The minimum Gasteiger partial charge on any atom is -0.330 e. The van der Waals surface area contributed by atoms with Crippen molar-refractivity contribution >= 4 is 11.7 Å². The van der Waals surface area contributed by atoms with Gasteiger partial charge in [-0.1, -0.05) is 25.0 Å². The normalized spacial score (nSPS) is 11.6. The molecular weight excluding hydrogens is 345 g/mol. The first-order chi connectivity index (χ1) is 12.3. The van der Waals surface area contributed by atoms with E-state index in [9.17, 15) is 18.0 Å². The maximum absolute atomic E-state index is 13.3. The fourth-order valence-electron chi connectivity index (χ4n) is 2.66. The van der Waals surface area contributed by atoms with Crippen LogP contribution in [-0.4, -0.2) is 22.2 Å². The molecule has 0 aliphatic rings. The van der Waals surface area contributed by atoms with Crippen molar-refractivity contribution in [3.63, 3.8) is 0 Å². The lowest BCUT2D eigenvalue weighted by atomic mass is 10.1. The molecule has 1 aromatic heterocycles. The van der Waals surface area contributed by atoms with E-state index in [0.29, 0.717) is 25.1 Å². The number of aromatic nitrogens is 2. The van der Waals surface area contributed by atoms with E-state index in [1.165, 1.54) is 18.2 Å². The van der Waals surface area contributed by atoms with E-state index in [-0.39, 0.29) is 17.4 Å². The van der Waals surface area contributed by atoms with Crippen LogP contribution in [0.4, 0.5) is 19.0 Å². The topological polar surface area (TPSA) is 72.9 Å². The summed E-state index contributed by atoms with van der Waals surface area (Å²) in [6.45, 7) is 2.29. The molecule has 1 heterocycles. The summed E-state index contributed by atoms with van der Waals surface area (Å²) in [5.74, 6) is -0.0189. The number of benzene rings is 1. The fraction of sp³-hybridized carbons (Fsp3) is 0.444. The van der Waals surface area contributed by atoms with Crippen LogP contribution in [0.2, 0.25) is 0 Å². The number of para-hydroxylation sites is 1. The van der Waals surface area contributed by atoms with Gasteiger partial charge in [0, 0.05) is 12.5 Å². The Morgan fingerprint density at radius 3 is 2.58 bits per heavy atom. The molecule has 0 saturated heterocycles. The Labute approximate surface area is 150 Å². The lowest BCUT2D eigenvalue weighted by molar-refractivity contribution is -0.137. The number of hydrogen-bond donors (Lipinski definition) is 2. The van der Waals surface area contributed by atoms with Crippen molar-refractivity contribution in [2.45, 2.75) is 45.2 Å². The molecule has 8 heteroatoms. The minimum absolute atomic E-state index is 0.119. The highest BCUT2D eigenvalue weighted by Crippen LogP contribution is 2.34. The van der Waals surface area contributed by atoms with E-state index >= 15 is 0 Å². The summed E-state index contributed by atoms with van der Waals surface area (Å²) < 4.78 is 40.9. The third-order valence-electron chi connectivity index (χ3n) is 3.89. The molecule has 2 rings (SSSR count). The van der Waals surface area contributed by atoms with Crippen LogP contribution in [0, 0.1) is 6.92 Å². The number of hydrogen-bond acceptors (Lipinski definition) is 3. The molecule has 0 atom stereocenters. The van der Waals surface area contributed by atoms with Gasteiger partial charge in [0.2, 0.25) is 5.91 Å². The average molecular weight is 368 g/mol. The first-order valence-electron chi connectivity index (χ1n) is 8.56. The van der Waals surface area contributed by atoms with Gasteiger partial charge in [-0.2, -0.15) is 18.3 Å². The molecule has 0 aliphatic heterocycles. The van der Waals surface area contributed by atoms with Gasteiger partial charge in [-0.15, -0.1) is 0 Å². The summed E-state index contributed by atoms with van der Waals surface area (Å²) >= 11 is 0. The summed E-state index contributed by atoms with van der Waals surface area (Å²) in [6.07, 6.45) is -0.740. The smallest absolute Gasteiger partial charge is 0.330 e. The molecule has 5 nitrogen and oxygen atoms in total. The van der Waals surface area contributed by atoms with Crippen LogP contribution in [0.3, 0.4) is 0 Å². The summed E-state index contributed by atoms with van der Waals surface area (Å²) in [6, 6.07) is 6.71. The Balaban J connectivity index is 2.15. The standard InChI is InChI=1S/C18H23F3N4O/c1-13-12-16(23-17(26)10-4-2-3-7-11-22)25(24-13)15-9-6-5-8-14(15)18(19,20)21/h5-6,8-9,12H,2-4,7,10-11,22H2,1H3,(H,23,26). The van der Waals surface area contributed by atoms with Gasteiger partial charge in [-0.05, 0) is 38.4 Å². The minimum atomic E-state index is -4.51. The number of carbonyl (C=O) groups excluding carboxylic acids is 1. The number of nitrogens with one attached hydrogen (secondary N) is 1. The average Bonchev–Trinajstić information content (AvgIpc) is 2.94. The van der Waals surface area contributed by atoms with Crippen molar-refractivity contribution in [2.75, 3.05) is 11.9 Å². The number of anilines is 1. The van der Waals surface area contributed by atoms with E-state index in [4.69, 9.17) is 5.73 Å². The van der Waals surface area contributed by atoms with Crippen LogP contribution in [0.1, 0.15) is 43.4 Å². The number of nitrogens with zero attached hydrogens (tertiary/aromatic N) is 2. The summed E-state index contributed by atoms with van der Waals surface area (Å²) in [4.78, 5) is 12.1. The van der Waals surface area contributed by atoms with Crippen molar-refractivity contribution in [1.29, 1.82) is 0 Å². The number of unbranched alkanes of at least 4 members (excludes halogenated alkanes) is 3. The highest BCUT2D eigenvalue weighted by molar-refractivity contribution is 5.90. The van der Waals surface area contributed by atoms with Gasteiger partial charge < -0.3 is 11.1 Å². The quantitative estimate of drug-likeness (QED) is 0.691. The first-order valence-corrected chi connectivity index (χ1v) is 8.56. The number of aryl methyl sites for hydroxylation is 1. The number of halogens is 3. The maximum atomic E-state index is 13.3. The fourth-order valence-corrected chi connectivity index (χ4v) is 2.66. The number of amides is 1. The van der Waals surface area contributed by atoms with E-state index < -0.39 is 11.7 Å². The van der Waals surface area contributed by atoms with Gasteiger partial charge in [0.1, 0.15) is 5.82 Å². The Kier molecular flexibility index (Phi) is 6.79. The molecule has 0 unspecified atom stereocenters. The van der Waals surface area contributed by atoms with Gasteiger partial charge in [0.05, 0.1) is 16.9 Å². The predicted molar refractivity (Wildman–Crippen MR) is 94.1 cm³/mol. The Morgan fingerprint density at radius 2 is 1.88 bits per heavy atom. The molecular formula is C18H23F3N4O. The van der Waals surface area contributed by atoms with E-state index in [0.717, 1.165) is 30.0 Å². The van der Waals surface area contributed by atoms with E-state index in [2.05, 4.69) is 10.4 Å². The van der Waals surface area contributed by atoms with Gasteiger partial charge in [-0.25, -0.2) is 4.68 Å². The van der Waals surface area contributed by atoms with Crippen LogP contribution in [0.15, 0.2) is 30.3 Å². The summed E-state index contributed by atoms with van der Waals surface area (Å²) in [5.41, 5.74) is 5.01. The summed E-state index contributed by atoms with van der Waals surface area (Å²) in [7, 11) is 0. The lowest BCUT2D eigenvalue weighted by Gasteiger charge is -2.15. The SMILES string of the molecule is Cc1cc(NC(=O)CCCCCCN)n(-c2ccccc2C(F)(F)F)n1. The second-order valence-corrected chi connectivity index (χ2v) is 6.10. The maximum Gasteiger partial charge on any atom is 0.418 e. The molecule has 0 radical (unpaired) electrons. The molecule has 26 heavy (non-hydrogen) atoms. The molecule has 0 aliphatic carbocycles. The van der Waals surface area contributed by atoms with Crippen molar-refractivity contribution < 1.29 is 18.0 Å². The Bertz CT molecular complexity index is 740. The Morgan fingerprint density at radius 1 is 1.19 bits per heavy atom. The third kappa shape index (κ3) is 5.32. The molecule has 142 valence electrons. The van der Waals surface area contributed by atoms with E-state index in [1.54, 1.807) is 13.0 Å². The molecule has 0 fully saturated rings. The molecule has 1 amide bonds. The Hall–Kier alpha value is -2.35. The highest BCUT2D eigenvalue weighted by Gasteiger charge is 2.34. The van der Waals surface area contributed by atoms with Crippen molar-refractivity contribution in [3.8, 4) is 5.69 Å². The zero-order valence-electron chi connectivity index (χ0n) is 14.6. The highest BCUT2D eigenvalue weighted by atomic mass is 19.4. The van der Waals surface area contributed by atoms with E-state index in [1.807, 2.05) is 0 Å². The third-order valence-corrected chi connectivity index (χ3v) is 3.89. The van der Waals surface area contributed by atoms with Crippen molar-refractivity contribution in [3.05, 3.63) is 41.6 Å². The van der Waals surface area contributed by atoms with Gasteiger partial charge in [-0.3, -0.25) is 4.79 Å². The molecule has 2 aromatic rings. The number of nitrogens with two attached hydrogens (primary N) is 1. The first kappa shape index (κ1) is 20.0. The van der Waals surface area contributed by atoms with Crippen LogP contribution in [0.25, 0.3) is 5.69 Å². The number of alkyl halides is 3. The zero-order chi connectivity index (χ0) is 19.2. The molecule has 0 spiro atoms. The molecule has 1 aromatic carbocycles. The van der Waals surface area contributed by atoms with Gasteiger partial charge >= 0.3 is 6.18 Å². The summed E-state index contributed by atoms with van der Waals surface area (Å²) in [5, 5.41) is 6.79. The molecule has 3 N–H and O–H groups in total. The number of rotatable bonds is 8. The van der Waals surface area contributed by atoms with Crippen molar-refractivity contribution in [2.24, 2.45) is 5.73 Å². The lowest BCUT2D eigenvalue weighted by Crippen LogP contribution is -2.17. The monoisotopic (exact) mass is 368 g/mol. The van der Waals surface area contributed by atoms with Gasteiger partial charge in [0.15, 0.2) is 0 Å². The van der Waals surface area contributed by atoms with Crippen LogP contribution >= 0.6 is 0 Å². The largest absolute Gasteiger partial charge is 0.418 e. The second kappa shape index (κ2) is 8.84. The zero-order valence-corrected chi connectivity index (χ0v) is 14.6. The van der Waals surface area contributed by atoms with Crippen LogP contribution in [0.5, 0.6) is 0 Å². The van der Waals surface area contributed by atoms with Gasteiger partial charge in [0.25, 0.3) is 0 Å². The predicted octanol–water partition coefficient (Wildman–Crippen LogP) is 4.05.